The van der Waals surface area contributed by atoms with Crippen LogP contribution in [0.2, 0.25) is 0 Å². The topological polar surface area (TPSA) is 31.9 Å². The lowest BCUT2D eigenvalue weighted by atomic mass is 10.0. The maximum absolute atomic E-state index is 5.04. The summed E-state index contributed by atoms with van der Waals surface area (Å²) in [5.74, 6) is 0. The average Bonchev–Trinajstić information content (AvgIpc) is 3.85. The molecule has 230 valence electrons. The number of fused-ring (bicyclic) bond motifs is 13. The van der Waals surface area contributed by atoms with Crippen LogP contribution in [0.1, 0.15) is 17.3 Å². The van der Waals surface area contributed by atoms with Crippen LogP contribution in [0.15, 0.2) is 146 Å². The summed E-state index contributed by atoms with van der Waals surface area (Å²) in [4.78, 5) is 5.04. The lowest BCUT2D eigenvalue weighted by molar-refractivity contribution is 1.03. The Hall–Kier alpha value is -5.75. The third-order valence-electron chi connectivity index (χ3n) is 9.94. The van der Waals surface area contributed by atoms with Gasteiger partial charge < -0.3 is 9.88 Å². The van der Waals surface area contributed by atoms with Gasteiger partial charge in [-0.3, -0.25) is 0 Å². The Morgan fingerprint density at radius 1 is 0.571 bits per heavy atom. The number of para-hydroxylation sites is 1. The molecule has 1 unspecified atom stereocenters. The molecule has 0 fully saturated rings. The van der Waals surface area contributed by atoms with E-state index in [1.807, 2.05) is 28.7 Å². The van der Waals surface area contributed by atoms with Gasteiger partial charge in [0.1, 0.15) is 0 Å². The van der Waals surface area contributed by atoms with Gasteiger partial charge in [0.15, 0.2) is 0 Å². The van der Waals surface area contributed by atoms with Crippen LogP contribution < -0.4 is 0 Å². The second-order valence-electron chi connectivity index (χ2n) is 12.7. The molecule has 0 saturated carbocycles. The van der Waals surface area contributed by atoms with Crippen molar-refractivity contribution >= 4 is 96.6 Å². The zero-order valence-electron chi connectivity index (χ0n) is 26.2. The third-order valence-corrected chi connectivity index (χ3v) is 12.3. The highest BCUT2D eigenvalue weighted by Crippen LogP contribution is 2.52. The minimum Gasteiger partial charge on any atom is -0.673 e. The van der Waals surface area contributed by atoms with Crippen LogP contribution in [0.4, 0.5) is 5.69 Å². The Bertz CT molecular complexity index is 2960. The minimum atomic E-state index is 0.0209. The number of rotatable bonds is 3. The predicted octanol–water partition coefficient (Wildman–Crippen LogP) is 13.4. The van der Waals surface area contributed by atoms with E-state index >= 15 is 0 Å². The fourth-order valence-corrected chi connectivity index (χ4v) is 10.3. The van der Waals surface area contributed by atoms with E-state index < -0.39 is 0 Å². The van der Waals surface area contributed by atoms with Gasteiger partial charge in [0.2, 0.25) is 0 Å². The summed E-state index contributed by atoms with van der Waals surface area (Å²) >= 11 is 3.84. The molecule has 0 amide bonds. The van der Waals surface area contributed by atoms with Gasteiger partial charge in [-0.05, 0) is 42.5 Å². The maximum Gasteiger partial charge on any atom is 0.0727 e. The molecule has 3 nitrogen and oxygen atoms in total. The first-order valence-corrected chi connectivity index (χ1v) is 18.2. The molecule has 0 bridgehead atoms. The van der Waals surface area contributed by atoms with Gasteiger partial charge in [-0.25, -0.2) is 4.98 Å². The molecule has 5 heterocycles. The highest BCUT2D eigenvalue weighted by Gasteiger charge is 2.24. The van der Waals surface area contributed by atoms with Crippen molar-refractivity contribution in [2.24, 2.45) is 0 Å². The molecule has 1 atom stereocenters. The standard InChI is InChI=1S/C44H26N3S2/c1-2-10-26(11-3-1)32-22-24-35-34(45-32)25-23-33(46-35)27-18-20-28(21-19-27)47-36-15-7-4-12-29(36)39-40-30-13-5-8-16-37(30)48-43(40)41-31-14-6-9-17-38(31)49-44(41)42(39)47/h1-25,32H/q-1. The van der Waals surface area contributed by atoms with Crippen molar-refractivity contribution in [3.8, 4) is 16.9 Å². The Labute approximate surface area is 290 Å². The molecule has 10 aromatic rings. The normalized spacial score (nSPS) is 14.4. The van der Waals surface area contributed by atoms with E-state index in [1.165, 1.54) is 67.7 Å². The van der Waals surface area contributed by atoms with Gasteiger partial charge in [-0.1, -0.05) is 121 Å². The Morgan fingerprint density at radius 2 is 1.24 bits per heavy atom. The molecule has 1 aliphatic rings. The van der Waals surface area contributed by atoms with Crippen LogP contribution in [-0.2, 0) is 0 Å². The van der Waals surface area contributed by atoms with E-state index in [4.69, 9.17) is 10.3 Å². The van der Waals surface area contributed by atoms with Crippen molar-refractivity contribution < 1.29 is 0 Å². The number of pyridine rings is 1. The molecule has 11 rings (SSSR count). The van der Waals surface area contributed by atoms with Crippen LogP contribution >= 0.6 is 22.7 Å². The Kier molecular flexibility index (Phi) is 5.76. The highest BCUT2D eigenvalue weighted by atomic mass is 32.1. The van der Waals surface area contributed by atoms with Gasteiger partial charge in [0.05, 0.1) is 21.4 Å². The molecule has 0 saturated heterocycles. The SMILES string of the molecule is C1=CC(c2ccccc2)[N-]c2ccc(-c3ccc(-n4c5ccccc5c5c6c7ccccc7sc6c6c7ccccc7sc6c54)cc3)nc21. The highest BCUT2D eigenvalue weighted by molar-refractivity contribution is 7.30. The van der Waals surface area contributed by atoms with E-state index in [9.17, 15) is 0 Å². The molecule has 6 aromatic carbocycles. The zero-order chi connectivity index (χ0) is 32.1. The number of hydrogen-bond donors (Lipinski definition) is 0. The lowest BCUT2D eigenvalue weighted by Gasteiger charge is -2.35. The van der Waals surface area contributed by atoms with Gasteiger partial charge >= 0.3 is 0 Å². The largest absolute Gasteiger partial charge is 0.673 e. The lowest BCUT2D eigenvalue weighted by Crippen LogP contribution is -1.99. The number of benzene rings is 6. The molecule has 5 heteroatoms. The monoisotopic (exact) mass is 660 g/mol. The minimum absolute atomic E-state index is 0.0209. The molecule has 1 aliphatic heterocycles. The van der Waals surface area contributed by atoms with Gasteiger partial charge in [0, 0.05) is 63.4 Å². The van der Waals surface area contributed by atoms with Crippen molar-refractivity contribution in [1.82, 2.24) is 9.55 Å². The molecule has 0 spiro atoms. The van der Waals surface area contributed by atoms with Crippen LogP contribution in [0, 0.1) is 0 Å². The zero-order valence-corrected chi connectivity index (χ0v) is 27.8. The molecule has 49 heavy (non-hydrogen) atoms. The van der Waals surface area contributed by atoms with E-state index in [0.29, 0.717) is 0 Å². The summed E-state index contributed by atoms with van der Waals surface area (Å²) in [5.41, 5.74) is 8.72. The van der Waals surface area contributed by atoms with Gasteiger partial charge in [-0.2, -0.15) is 0 Å². The molecule has 0 radical (unpaired) electrons. The van der Waals surface area contributed by atoms with E-state index in [2.05, 4.69) is 150 Å². The number of aromatic nitrogens is 2. The maximum atomic E-state index is 5.04. The number of thiophene rings is 2. The first-order valence-electron chi connectivity index (χ1n) is 16.5. The first kappa shape index (κ1) is 27.2. The predicted molar refractivity (Wildman–Crippen MR) is 211 cm³/mol. The third kappa shape index (κ3) is 3.97. The fraction of sp³-hybridized carbons (Fsp3) is 0.0227. The van der Waals surface area contributed by atoms with Crippen LogP contribution in [-0.4, -0.2) is 9.55 Å². The summed E-state index contributed by atoms with van der Waals surface area (Å²) in [6.45, 7) is 0. The Balaban J connectivity index is 1.11. The molecule has 0 aliphatic carbocycles. The summed E-state index contributed by atoms with van der Waals surface area (Å²) in [6, 6.07) is 50.3. The molecular weight excluding hydrogens is 635 g/mol. The average molecular weight is 661 g/mol. The second kappa shape index (κ2) is 10.4. The summed E-state index contributed by atoms with van der Waals surface area (Å²) in [6.07, 6.45) is 4.25. The van der Waals surface area contributed by atoms with E-state index in [-0.39, 0.29) is 6.04 Å². The Morgan fingerprint density at radius 3 is 2.04 bits per heavy atom. The smallest absolute Gasteiger partial charge is 0.0727 e. The van der Waals surface area contributed by atoms with Crippen LogP contribution in [0.25, 0.3) is 90.5 Å². The van der Waals surface area contributed by atoms with Gasteiger partial charge in [-0.15, -0.1) is 28.4 Å². The molecule has 0 N–H and O–H groups in total. The number of hydrogen-bond acceptors (Lipinski definition) is 3. The van der Waals surface area contributed by atoms with E-state index in [0.717, 1.165) is 28.3 Å². The quantitative estimate of drug-likeness (QED) is 0.186. The van der Waals surface area contributed by atoms with Crippen LogP contribution in [0.5, 0.6) is 0 Å². The molecule has 4 aromatic heterocycles. The van der Waals surface area contributed by atoms with Crippen molar-refractivity contribution in [1.29, 1.82) is 0 Å². The van der Waals surface area contributed by atoms with Crippen molar-refractivity contribution in [2.75, 3.05) is 0 Å². The number of nitrogens with zero attached hydrogens (tertiary/aromatic N) is 3. The fourth-order valence-electron chi connectivity index (χ4n) is 7.74. The second-order valence-corrected chi connectivity index (χ2v) is 14.8. The summed E-state index contributed by atoms with van der Waals surface area (Å²) in [5, 5.41) is 13.0. The van der Waals surface area contributed by atoms with E-state index in [1.54, 1.807) is 0 Å². The summed E-state index contributed by atoms with van der Waals surface area (Å²) in [7, 11) is 0. The van der Waals surface area contributed by atoms with Crippen molar-refractivity contribution in [3.63, 3.8) is 0 Å². The van der Waals surface area contributed by atoms with Crippen molar-refractivity contribution in [3.05, 3.63) is 162 Å². The first-order chi connectivity index (χ1) is 24.3. The molecular formula is C44H26N3S2-. The van der Waals surface area contributed by atoms with Crippen molar-refractivity contribution in [2.45, 2.75) is 6.04 Å². The summed E-state index contributed by atoms with van der Waals surface area (Å²) < 4.78 is 7.87. The van der Waals surface area contributed by atoms with Crippen LogP contribution in [0.3, 0.4) is 0 Å². The van der Waals surface area contributed by atoms with Gasteiger partial charge in [0.25, 0.3) is 0 Å².